The summed E-state index contributed by atoms with van der Waals surface area (Å²) in [4.78, 5) is 33.1. The molecule has 232 valence electrons. The average Bonchev–Trinajstić information content (AvgIpc) is 3.12. The molecule has 1 fully saturated rings. The number of anilines is 2. The number of carbonyl (C=O) groups is 2. The van der Waals surface area contributed by atoms with E-state index in [4.69, 9.17) is 5.73 Å². The number of nitrogen functional groups attached to an aromatic ring is 1. The van der Waals surface area contributed by atoms with Crippen molar-refractivity contribution in [2.75, 3.05) is 17.2 Å². The number of amides is 3. The highest BCUT2D eigenvalue weighted by atomic mass is 19.4. The van der Waals surface area contributed by atoms with Crippen LogP contribution in [0.3, 0.4) is 0 Å². The highest BCUT2D eigenvalue weighted by molar-refractivity contribution is 5.99. The summed E-state index contributed by atoms with van der Waals surface area (Å²) in [6, 6.07) is -4.02. The number of benzene rings is 1. The second-order valence-electron chi connectivity index (χ2n) is 9.67. The van der Waals surface area contributed by atoms with Gasteiger partial charge in [-0.15, -0.1) is 0 Å². The van der Waals surface area contributed by atoms with Gasteiger partial charge >= 0.3 is 36.2 Å². The number of aromatic nitrogens is 2. The molecule has 1 aliphatic heterocycles. The van der Waals surface area contributed by atoms with E-state index in [9.17, 15) is 53.5 Å². The quantitative estimate of drug-likeness (QED) is 0.360. The molecule has 0 saturated carbocycles. The van der Waals surface area contributed by atoms with E-state index in [1.54, 1.807) is 13.8 Å². The molecule has 42 heavy (non-hydrogen) atoms. The number of nitrogens with two attached hydrogens (primary N) is 1. The Morgan fingerprint density at radius 1 is 1.02 bits per heavy atom. The molecule has 20 heteroatoms. The summed E-state index contributed by atoms with van der Waals surface area (Å²) in [5.41, 5.74) is 0.363. The Morgan fingerprint density at radius 3 is 2.10 bits per heavy atom. The summed E-state index contributed by atoms with van der Waals surface area (Å²) in [7, 11) is 0. The maximum atomic E-state index is 15.0. The molecule has 2 aromatic rings. The molecular formula is C22H18F12N6O2. The van der Waals surface area contributed by atoms with Gasteiger partial charge < -0.3 is 16.4 Å². The Balaban J connectivity index is 2.09. The summed E-state index contributed by atoms with van der Waals surface area (Å²) in [6.45, 7) is 3.16. The van der Waals surface area contributed by atoms with Crippen molar-refractivity contribution in [2.45, 2.75) is 55.5 Å². The molecule has 3 rings (SSSR count). The number of rotatable bonds is 7. The zero-order chi connectivity index (χ0) is 32.3. The Kier molecular flexibility index (Phi) is 7.80. The fraction of sp³-hybridized carbons (Fsp3) is 0.455. The topological polar surface area (TPSA) is 113 Å². The second-order valence-corrected chi connectivity index (χ2v) is 9.67. The third-order valence-corrected chi connectivity index (χ3v) is 5.89. The molecule has 1 aromatic heterocycles. The number of hydrogen-bond donors (Lipinski definition) is 3. The molecular weight excluding hydrogens is 608 g/mol. The van der Waals surface area contributed by atoms with Crippen molar-refractivity contribution in [3.05, 3.63) is 47.2 Å². The minimum absolute atomic E-state index is 0.0385. The minimum Gasteiger partial charge on any atom is -0.383 e. The zero-order valence-corrected chi connectivity index (χ0v) is 20.9. The fourth-order valence-corrected chi connectivity index (χ4v) is 3.77. The third kappa shape index (κ3) is 5.69. The first kappa shape index (κ1) is 32.5. The summed E-state index contributed by atoms with van der Waals surface area (Å²) in [5, 5.41) is 3.58. The van der Waals surface area contributed by atoms with E-state index < -0.39 is 82.1 Å². The van der Waals surface area contributed by atoms with Crippen molar-refractivity contribution in [1.82, 2.24) is 20.6 Å². The first-order chi connectivity index (χ1) is 18.8. The lowest BCUT2D eigenvalue weighted by molar-refractivity contribution is -0.399. The second kappa shape index (κ2) is 10.1. The zero-order valence-electron chi connectivity index (χ0n) is 20.9. The Labute approximate surface area is 227 Å². The van der Waals surface area contributed by atoms with Gasteiger partial charge in [-0.05, 0) is 31.5 Å². The van der Waals surface area contributed by atoms with E-state index in [1.165, 1.54) is 0 Å². The molecule has 1 unspecified atom stereocenters. The average molecular weight is 626 g/mol. The highest BCUT2D eigenvalue weighted by Crippen LogP contribution is 2.56. The monoisotopic (exact) mass is 626 g/mol. The standard InChI is InChI=1S/C22H18F12N6O2/c1-17(2)8-40(16(42)39-17)15-36-7-11(13(35)38-15)14(41)37-12(9-4-3-5-10(6-9)19(25,26)27)18(23,24)20(28,29)21(30,31)22(32,33)34/h3-7,12H,8H2,1-2H3,(H,37,41)(H,39,42)(H2,35,36,38). The molecule has 8 nitrogen and oxygen atoms in total. The van der Waals surface area contributed by atoms with Gasteiger partial charge in [-0.3, -0.25) is 9.69 Å². The first-order valence-electron chi connectivity index (χ1n) is 11.2. The molecule has 0 spiro atoms. The van der Waals surface area contributed by atoms with Crippen molar-refractivity contribution in [2.24, 2.45) is 0 Å². The van der Waals surface area contributed by atoms with Crippen molar-refractivity contribution < 1.29 is 62.3 Å². The number of urea groups is 1. The minimum atomic E-state index is -7.41. The van der Waals surface area contributed by atoms with Crippen molar-refractivity contribution in [1.29, 1.82) is 0 Å². The van der Waals surface area contributed by atoms with Crippen LogP contribution < -0.4 is 21.3 Å². The van der Waals surface area contributed by atoms with Gasteiger partial charge in [0.1, 0.15) is 11.9 Å². The molecule has 0 aliphatic carbocycles. The van der Waals surface area contributed by atoms with Gasteiger partial charge in [-0.1, -0.05) is 12.1 Å². The predicted octanol–water partition coefficient (Wildman–Crippen LogP) is 5.33. The van der Waals surface area contributed by atoms with Crippen LogP contribution >= 0.6 is 0 Å². The van der Waals surface area contributed by atoms with E-state index in [2.05, 4.69) is 15.3 Å². The molecule has 4 N–H and O–H groups in total. The van der Waals surface area contributed by atoms with E-state index >= 15 is 8.78 Å². The van der Waals surface area contributed by atoms with Gasteiger partial charge in [0, 0.05) is 6.20 Å². The van der Waals surface area contributed by atoms with Crippen LogP contribution in [0.1, 0.15) is 41.4 Å². The van der Waals surface area contributed by atoms with Gasteiger partial charge in [-0.25, -0.2) is 9.78 Å². The highest BCUT2D eigenvalue weighted by Gasteiger charge is 2.83. The number of nitrogens with zero attached hydrogens (tertiary/aromatic N) is 3. The van der Waals surface area contributed by atoms with Gasteiger partial charge in [0.2, 0.25) is 5.95 Å². The van der Waals surface area contributed by atoms with Gasteiger partial charge in [0.25, 0.3) is 5.91 Å². The molecule has 1 aromatic carbocycles. The van der Waals surface area contributed by atoms with Gasteiger partial charge in [0.15, 0.2) is 0 Å². The number of alkyl halides is 12. The maximum absolute atomic E-state index is 15.0. The van der Waals surface area contributed by atoms with Crippen LogP contribution in [0.15, 0.2) is 30.5 Å². The summed E-state index contributed by atoms with van der Waals surface area (Å²) in [6.07, 6.45) is -12.1. The fourth-order valence-electron chi connectivity index (χ4n) is 3.77. The van der Waals surface area contributed by atoms with E-state index in [0.29, 0.717) is 12.3 Å². The van der Waals surface area contributed by atoms with Crippen LogP contribution in [-0.4, -0.2) is 57.9 Å². The maximum Gasteiger partial charge on any atom is 0.460 e. The van der Waals surface area contributed by atoms with Crippen LogP contribution in [0.4, 0.5) is 69.2 Å². The molecule has 3 amide bonds. The van der Waals surface area contributed by atoms with Crippen LogP contribution in [0.5, 0.6) is 0 Å². The Bertz CT molecular complexity index is 1380. The molecule has 0 bridgehead atoms. The van der Waals surface area contributed by atoms with Crippen LogP contribution in [-0.2, 0) is 6.18 Å². The lowest BCUT2D eigenvalue weighted by Crippen LogP contribution is -2.64. The van der Waals surface area contributed by atoms with Crippen LogP contribution in [0.25, 0.3) is 0 Å². The predicted molar refractivity (Wildman–Crippen MR) is 119 cm³/mol. The SMILES string of the molecule is CC1(C)CN(c2ncc(C(=O)NC(c3cccc(C(F)(F)F)c3)C(F)(F)C(F)(F)C(F)(F)C(F)(F)F)c(N)n2)C(=O)N1. The third-order valence-electron chi connectivity index (χ3n) is 5.89. The van der Waals surface area contributed by atoms with Crippen molar-refractivity contribution in [3.8, 4) is 0 Å². The lowest BCUT2D eigenvalue weighted by atomic mass is 9.90. The summed E-state index contributed by atoms with van der Waals surface area (Å²) in [5.74, 6) is -24.6. The largest absolute Gasteiger partial charge is 0.460 e. The Morgan fingerprint density at radius 2 is 1.62 bits per heavy atom. The smallest absolute Gasteiger partial charge is 0.383 e. The van der Waals surface area contributed by atoms with E-state index in [0.717, 1.165) is 10.2 Å². The Hall–Kier alpha value is -4.00. The van der Waals surface area contributed by atoms with E-state index in [-0.39, 0.29) is 24.7 Å². The molecule has 0 radical (unpaired) electrons. The van der Waals surface area contributed by atoms with Gasteiger partial charge in [0.05, 0.1) is 23.2 Å². The lowest BCUT2D eigenvalue weighted by Gasteiger charge is -2.38. The van der Waals surface area contributed by atoms with E-state index in [1.807, 2.05) is 0 Å². The van der Waals surface area contributed by atoms with Crippen molar-refractivity contribution >= 4 is 23.7 Å². The van der Waals surface area contributed by atoms with Crippen molar-refractivity contribution in [3.63, 3.8) is 0 Å². The number of hydrogen-bond acceptors (Lipinski definition) is 5. The van der Waals surface area contributed by atoms with Gasteiger partial charge in [-0.2, -0.15) is 57.7 Å². The molecule has 2 heterocycles. The number of carbonyl (C=O) groups excluding carboxylic acids is 2. The van der Waals surface area contributed by atoms with Crippen LogP contribution in [0.2, 0.25) is 0 Å². The molecule has 1 aliphatic rings. The first-order valence-corrected chi connectivity index (χ1v) is 11.2. The summed E-state index contributed by atoms with van der Waals surface area (Å²) < 4.78 is 164. The van der Waals surface area contributed by atoms with Crippen LogP contribution in [0, 0.1) is 0 Å². The normalized spacial score (nSPS) is 17.2. The number of nitrogens with one attached hydrogen (secondary N) is 2. The summed E-state index contributed by atoms with van der Waals surface area (Å²) >= 11 is 0. The number of halogens is 12. The molecule has 1 saturated heterocycles. The molecule has 1 atom stereocenters.